The second-order valence-electron chi connectivity index (χ2n) is 3.07. The van der Waals surface area contributed by atoms with E-state index in [1.165, 1.54) is 0 Å². The molecular weight excluding hydrogens is 156 g/mol. The molecule has 2 rings (SSSR count). The summed E-state index contributed by atoms with van der Waals surface area (Å²) < 4.78 is 0. The predicted molar refractivity (Wildman–Crippen MR) is 42.0 cm³/mol. The molecule has 2 N–H and O–H groups in total. The van der Waals surface area contributed by atoms with E-state index in [-0.39, 0.29) is 6.04 Å². The SMILES string of the molecule is O=C1NC2=CCCCC2NC1=O. The van der Waals surface area contributed by atoms with Gasteiger partial charge >= 0.3 is 11.8 Å². The normalized spacial score (nSPS) is 28.3. The standard InChI is InChI=1S/C8H10N2O2/c11-7-8(12)10-6-4-2-1-3-5(6)9-7/h3,6H,1-2,4H2,(H,9,11)(H,10,12). The Balaban J connectivity index is 2.20. The molecule has 12 heavy (non-hydrogen) atoms. The molecular formula is C8H10N2O2. The van der Waals surface area contributed by atoms with Gasteiger partial charge in [0.25, 0.3) is 0 Å². The van der Waals surface area contributed by atoms with Crippen LogP contribution in [0.25, 0.3) is 0 Å². The molecule has 0 spiro atoms. The van der Waals surface area contributed by atoms with Crippen LogP contribution in [0.3, 0.4) is 0 Å². The van der Waals surface area contributed by atoms with Gasteiger partial charge in [-0.2, -0.15) is 0 Å². The minimum absolute atomic E-state index is 0.0453. The van der Waals surface area contributed by atoms with Crippen LogP contribution in [-0.4, -0.2) is 17.9 Å². The van der Waals surface area contributed by atoms with Crippen molar-refractivity contribution >= 4 is 11.8 Å². The molecule has 1 saturated heterocycles. The van der Waals surface area contributed by atoms with Crippen LogP contribution in [0.1, 0.15) is 19.3 Å². The van der Waals surface area contributed by atoms with Crippen LogP contribution in [0.5, 0.6) is 0 Å². The Morgan fingerprint density at radius 1 is 1.33 bits per heavy atom. The van der Waals surface area contributed by atoms with Gasteiger partial charge in [0.2, 0.25) is 0 Å². The van der Waals surface area contributed by atoms with Crippen molar-refractivity contribution in [3.63, 3.8) is 0 Å². The molecule has 0 radical (unpaired) electrons. The number of carbonyl (C=O) groups excluding carboxylic acids is 2. The van der Waals surface area contributed by atoms with Crippen molar-refractivity contribution in [2.75, 3.05) is 0 Å². The van der Waals surface area contributed by atoms with E-state index in [0.29, 0.717) is 0 Å². The van der Waals surface area contributed by atoms with Crippen LogP contribution in [0.4, 0.5) is 0 Å². The van der Waals surface area contributed by atoms with Crippen LogP contribution in [0, 0.1) is 0 Å². The Morgan fingerprint density at radius 3 is 3.00 bits per heavy atom. The first kappa shape index (κ1) is 7.34. The van der Waals surface area contributed by atoms with Gasteiger partial charge in [-0.3, -0.25) is 9.59 Å². The predicted octanol–water partition coefficient (Wildman–Crippen LogP) is -0.331. The number of nitrogens with one attached hydrogen (secondary N) is 2. The Labute approximate surface area is 70.0 Å². The molecule has 1 fully saturated rings. The highest BCUT2D eigenvalue weighted by Crippen LogP contribution is 2.18. The van der Waals surface area contributed by atoms with Crippen molar-refractivity contribution in [2.24, 2.45) is 0 Å². The average Bonchev–Trinajstić information content (AvgIpc) is 2.07. The Bertz CT molecular complexity index is 270. The summed E-state index contributed by atoms with van der Waals surface area (Å²) in [5.74, 6) is -1.06. The minimum Gasteiger partial charge on any atom is -0.340 e. The van der Waals surface area contributed by atoms with E-state index in [2.05, 4.69) is 10.6 Å². The van der Waals surface area contributed by atoms with Crippen molar-refractivity contribution in [1.29, 1.82) is 0 Å². The van der Waals surface area contributed by atoms with Gasteiger partial charge in [0.1, 0.15) is 0 Å². The molecule has 0 bridgehead atoms. The fourth-order valence-corrected chi connectivity index (χ4v) is 1.58. The van der Waals surface area contributed by atoms with Crippen molar-refractivity contribution in [2.45, 2.75) is 25.3 Å². The maximum absolute atomic E-state index is 10.9. The maximum Gasteiger partial charge on any atom is 0.313 e. The molecule has 0 aromatic heterocycles. The molecule has 1 atom stereocenters. The van der Waals surface area contributed by atoms with E-state index >= 15 is 0 Å². The van der Waals surface area contributed by atoms with E-state index in [4.69, 9.17) is 0 Å². The Morgan fingerprint density at radius 2 is 2.17 bits per heavy atom. The van der Waals surface area contributed by atoms with Gasteiger partial charge in [0, 0.05) is 5.70 Å². The van der Waals surface area contributed by atoms with E-state index in [1.54, 1.807) is 0 Å². The van der Waals surface area contributed by atoms with E-state index in [0.717, 1.165) is 25.0 Å². The minimum atomic E-state index is -0.542. The molecule has 4 nitrogen and oxygen atoms in total. The van der Waals surface area contributed by atoms with Gasteiger partial charge in [0.15, 0.2) is 0 Å². The number of hydrogen-bond acceptors (Lipinski definition) is 2. The van der Waals surface area contributed by atoms with Crippen LogP contribution in [0.15, 0.2) is 11.8 Å². The van der Waals surface area contributed by atoms with Crippen LogP contribution < -0.4 is 10.6 Å². The largest absolute Gasteiger partial charge is 0.340 e. The second kappa shape index (κ2) is 2.62. The number of piperazine rings is 1. The Hall–Kier alpha value is -1.32. The molecule has 1 unspecified atom stereocenters. The highest BCUT2D eigenvalue weighted by Gasteiger charge is 2.29. The van der Waals surface area contributed by atoms with Crippen molar-refractivity contribution in [3.8, 4) is 0 Å². The topological polar surface area (TPSA) is 58.2 Å². The number of fused-ring (bicyclic) bond motifs is 1. The third-order valence-corrected chi connectivity index (χ3v) is 2.21. The fraction of sp³-hybridized carbons (Fsp3) is 0.500. The quantitative estimate of drug-likeness (QED) is 0.484. The molecule has 0 saturated carbocycles. The molecule has 64 valence electrons. The molecule has 1 heterocycles. The first-order valence-electron chi connectivity index (χ1n) is 4.09. The van der Waals surface area contributed by atoms with Gasteiger partial charge in [0.05, 0.1) is 6.04 Å². The zero-order valence-electron chi connectivity index (χ0n) is 6.59. The highest BCUT2D eigenvalue weighted by atomic mass is 16.2. The van der Waals surface area contributed by atoms with Gasteiger partial charge in [-0.25, -0.2) is 0 Å². The first-order valence-corrected chi connectivity index (χ1v) is 4.09. The second-order valence-corrected chi connectivity index (χ2v) is 3.07. The summed E-state index contributed by atoms with van der Waals surface area (Å²) in [6, 6.07) is 0.0453. The summed E-state index contributed by atoms with van der Waals surface area (Å²) in [6.45, 7) is 0. The van der Waals surface area contributed by atoms with Crippen molar-refractivity contribution in [1.82, 2.24) is 10.6 Å². The Kier molecular flexibility index (Phi) is 1.60. The lowest BCUT2D eigenvalue weighted by Crippen LogP contribution is -2.54. The molecule has 0 aromatic rings. The summed E-state index contributed by atoms with van der Waals surface area (Å²) in [4.78, 5) is 21.8. The molecule has 2 aliphatic rings. The maximum atomic E-state index is 10.9. The first-order chi connectivity index (χ1) is 5.77. The zero-order chi connectivity index (χ0) is 8.55. The van der Waals surface area contributed by atoms with Gasteiger partial charge in [-0.15, -0.1) is 0 Å². The average molecular weight is 166 g/mol. The van der Waals surface area contributed by atoms with Gasteiger partial charge < -0.3 is 10.6 Å². The summed E-state index contributed by atoms with van der Waals surface area (Å²) in [5, 5.41) is 5.23. The fourth-order valence-electron chi connectivity index (χ4n) is 1.58. The van der Waals surface area contributed by atoms with Crippen molar-refractivity contribution in [3.05, 3.63) is 11.8 Å². The van der Waals surface area contributed by atoms with E-state index < -0.39 is 11.8 Å². The number of allylic oxidation sites excluding steroid dienone is 1. The summed E-state index contributed by atoms with van der Waals surface area (Å²) in [7, 11) is 0. The lowest BCUT2D eigenvalue weighted by atomic mass is 9.97. The molecule has 0 aromatic carbocycles. The third-order valence-electron chi connectivity index (χ3n) is 2.21. The monoisotopic (exact) mass is 166 g/mol. The van der Waals surface area contributed by atoms with Gasteiger partial charge in [-0.1, -0.05) is 6.08 Å². The number of hydrogen-bond donors (Lipinski definition) is 2. The smallest absolute Gasteiger partial charge is 0.313 e. The number of carbonyl (C=O) groups is 2. The molecule has 2 amide bonds. The van der Waals surface area contributed by atoms with E-state index in [1.807, 2.05) is 6.08 Å². The molecule has 1 aliphatic heterocycles. The summed E-state index contributed by atoms with van der Waals surface area (Å²) >= 11 is 0. The van der Waals surface area contributed by atoms with Crippen molar-refractivity contribution < 1.29 is 9.59 Å². The van der Waals surface area contributed by atoms with Crippen LogP contribution >= 0.6 is 0 Å². The van der Waals surface area contributed by atoms with Gasteiger partial charge in [-0.05, 0) is 19.3 Å². The van der Waals surface area contributed by atoms with Crippen LogP contribution in [-0.2, 0) is 9.59 Å². The molecule has 1 aliphatic carbocycles. The summed E-state index contributed by atoms with van der Waals surface area (Å²) in [6.07, 6.45) is 4.97. The lowest BCUT2D eigenvalue weighted by Gasteiger charge is -2.29. The third kappa shape index (κ3) is 1.09. The lowest BCUT2D eigenvalue weighted by molar-refractivity contribution is -0.140. The zero-order valence-corrected chi connectivity index (χ0v) is 6.59. The van der Waals surface area contributed by atoms with E-state index in [9.17, 15) is 9.59 Å². The number of rotatable bonds is 0. The number of amides is 2. The molecule has 4 heteroatoms. The highest BCUT2D eigenvalue weighted by molar-refractivity contribution is 6.36. The summed E-state index contributed by atoms with van der Waals surface area (Å²) in [5.41, 5.74) is 0.867. The van der Waals surface area contributed by atoms with Crippen LogP contribution in [0.2, 0.25) is 0 Å².